The molecule has 0 bridgehead atoms. The molecule has 19 heavy (non-hydrogen) atoms. The number of para-hydroxylation sites is 1. The van der Waals surface area contributed by atoms with Gasteiger partial charge in [0.15, 0.2) is 5.78 Å². The minimum atomic E-state index is -0.109. The molecule has 0 heterocycles. The van der Waals surface area contributed by atoms with Gasteiger partial charge in [0.1, 0.15) is 5.75 Å². The first-order chi connectivity index (χ1) is 9.04. The molecule has 0 spiro atoms. The van der Waals surface area contributed by atoms with Crippen LogP contribution in [0.25, 0.3) is 0 Å². The van der Waals surface area contributed by atoms with Gasteiger partial charge in [-0.1, -0.05) is 23.8 Å². The Bertz CT molecular complexity index is 633. The van der Waals surface area contributed by atoms with Gasteiger partial charge in [0.05, 0.1) is 12.7 Å². The van der Waals surface area contributed by atoms with Crippen molar-refractivity contribution in [2.75, 3.05) is 12.8 Å². The van der Waals surface area contributed by atoms with Gasteiger partial charge in [0.2, 0.25) is 0 Å². The quantitative estimate of drug-likeness (QED) is 0.677. The maximum absolute atomic E-state index is 12.6. The van der Waals surface area contributed by atoms with Crippen LogP contribution in [0.5, 0.6) is 5.75 Å². The monoisotopic (exact) mass is 255 g/mol. The number of methoxy groups -OCH3 is 1. The normalized spacial score (nSPS) is 10.3. The number of rotatable bonds is 3. The highest BCUT2D eigenvalue weighted by molar-refractivity contribution is 6.14. The largest absolute Gasteiger partial charge is 0.496 e. The van der Waals surface area contributed by atoms with Gasteiger partial charge in [-0.2, -0.15) is 0 Å². The van der Waals surface area contributed by atoms with Crippen LogP contribution < -0.4 is 10.5 Å². The second-order valence-corrected chi connectivity index (χ2v) is 4.57. The van der Waals surface area contributed by atoms with E-state index in [2.05, 4.69) is 0 Å². The molecule has 0 aromatic heterocycles. The summed E-state index contributed by atoms with van der Waals surface area (Å²) in [6.45, 7) is 3.83. The van der Waals surface area contributed by atoms with E-state index in [9.17, 15) is 4.79 Å². The molecule has 0 atom stereocenters. The minimum Gasteiger partial charge on any atom is -0.496 e. The predicted molar refractivity (Wildman–Crippen MR) is 76.8 cm³/mol. The highest BCUT2D eigenvalue weighted by atomic mass is 16.5. The zero-order valence-electron chi connectivity index (χ0n) is 11.4. The smallest absolute Gasteiger partial charge is 0.198 e. The van der Waals surface area contributed by atoms with Crippen LogP contribution in [-0.2, 0) is 0 Å². The van der Waals surface area contributed by atoms with Gasteiger partial charge in [-0.05, 0) is 37.6 Å². The summed E-state index contributed by atoms with van der Waals surface area (Å²) < 4.78 is 5.25. The molecule has 0 aliphatic heterocycles. The maximum atomic E-state index is 12.6. The van der Waals surface area contributed by atoms with Crippen molar-refractivity contribution in [3.05, 3.63) is 58.7 Å². The summed E-state index contributed by atoms with van der Waals surface area (Å²) in [7, 11) is 1.56. The van der Waals surface area contributed by atoms with Gasteiger partial charge in [-0.15, -0.1) is 0 Å². The number of ketones is 1. The Morgan fingerprint density at radius 3 is 2.53 bits per heavy atom. The number of anilines is 1. The Kier molecular flexibility index (Phi) is 3.56. The Morgan fingerprint density at radius 1 is 1.11 bits per heavy atom. The van der Waals surface area contributed by atoms with E-state index >= 15 is 0 Å². The first kappa shape index (κ1) is 13.1. The van der Waals surface area contributed by atoms with E-state index in [1.165, 1.54) is 0 Å². The van der Waals surface area contributed by atoms with E-state index in [4.69, 9.17) is 10.5 Å². The van der Waals surface area contributed by atoms with Crippen LogP contribution in [0.4, 0.5) is 5.69 Å². The molecule has 2 rings (SSSR count). The molecule has 0 saturated heterocycles. The molecule has 98 valence electrons. The van der Waals surface area contributed by atoms with Gasteiger partial charge >= 0.3 is 0 Å². The molecule has 2 aromatic rings. The van der Waals surface area contributed by atoms with E-state index in [1.807, 2.05) is 38.1 Å². The number of carbonyl (C=O) groups is 1. The van der Waals surface area contributed by atoms with Crippen molar-refractivity contribution in [3.8, 4) is 5.75 Å². The summed E-state index contributed by atoms with van der Waals surface area (Å²) in [5.74, 6) is 0.457. The summed E-state index contributed by atoms with van der Waals surface area (Å²) in [6.07, 6.45) is 0. The second-order valence-electron chi connectivity index (χ2n) is 4.57. The summed E-state index contributed by atoms with van der Waals surface area (Å²) in [5, 5.41) is 0. The van der Waals surface area contributed by atoms with Crippen molar-refractivity contribution in [1.82, 2.24) is 0 Å². The lowest BCUT2D eigenvalue weighted by Crippen LogP contribution is -2.08. The van der Waals surface area contributed by atoms with Crippen LogP contribution in [0.15, 0.2) is 36.4 Å². The third-order valence-corrected chi connectivity index (χ3v) is 3.17. The topological polar surface area (TPSA) is 52.3 Å². The van der Waals surface area contributed by atoms with Gasteiger partial charge in [0, 0.05) is 11.3 Å². The second kappa shape index (κ2) is 5.14. The molecule has 0 aliphatic rings. The third-order valence-electron chi connectivity index (χ3n) is 3.17. The lowest BCUT2D eigenvalue weighted by Gasteiger charge is -2.11. The molecule has 3 heteroatoms. The molecular formula is C16H17NO2. The van der Waals surface area contributed by atoms with E-state index in [-0.39, 0.29) is 5.78 Å². The standard InChI is InChI=1S/C16H17NO2/c1-10-7-8-14(19-3)13(9-10)16(18)12-6-4-5-11(2)15(12)17/h4-9H,17H2,1-3H3. The van der Waals surface area contributed by atoms with Gasteiger partial charge in [-0.3, -0.25) is 4.79 Å². The van der Waals surface area contributed by atoms with Crippen LogP contribution >= 0.6 is 0 Å². The van der Waals surface area contributed by atoms with Crippen molar-refractivity contribution in [2.24, 2.45) is 0 Å². The predicted octanol–water partition coefficient (Wildman–Crippen LogP) is 3.13. The van der Waals surface area contributed by atoms with Crippen LogP contribution in [0.1, 0.15) is 27.0 Å². The minimum absolute atomic E-state index is 0.109. The van der Waals surface area contributed by atoms with E-state index in [0.29, 0.717) is 22.6 Å². The van der Waals surface area contributed by atoms with Gasteiger partial charge in [-0.25, -0.2) is 0 Å². The molecule has 0 amide bonds. The van der Waals surface area contributed by atoms with E-state index in [0.717, 1.165) is 11.1 Å². The first-order valence-electron chi connectivity index (χ1n) is 6.09. The van der Waals surface area contributed by atoms with Crippen molar-refractivity contribution in [3.63, 3.8) is 0 Å². The lowest BCUT2D eigenvalue weighted by molar-refractivity contribution is 0.103. The number of carbonyl (C=O) groups excluding carboxylic acids is 1. The maximum Gasteiger partial charge on any atom is 0.198 e. The van der Waals surface area contributed by atoms with Crippen molar-refractivity contribution in [2.45, 2.75) is 13.8 Å². The third kappa shape index (κ3) is 2.45. The molecule has 2 aromatic carbocycles. The number of hydrogen-bond donors (Lipinski definition) is 1. The molecular weight excluding hydrogens is 238 g/mol. The fraction of sp³-hybridized carbons (Fsp3) is 0.188. The molecule has 2 N–H and O–H groups in total. The fourth-order valence-corrected chi connectivity index (χ4v) is 2.02. The number of hydrogen-bond acceptors (Lipinski definition) is 3. The Balaban J connectivity index is 2.56. The highest BCUT2D eigenvalue weighted by Crippen LogP contribution is 2.26. The lowest BCUT2D eigenvalue weighted by atomic mass is 9.97. The van der Waals surface area contributed by atoms with Crippen molar-refractivity contribution in [1.29, 1.82) is 0 Å². The molecule has 0 fully saturated rings. The fourth-order valence-electron chi connectivity index (χ4n) is 2.02. The highest BCUT2D eigenvalue weighted by Gasteiger charge is 2.17. The molecule has 0 unspecified atom stereocenters. The number of aryl methyl sites for hydroxylation is 2. The summed E-state index contributed by atoms with van der Waals surface area (Å²) in [6, 6.07) is 11.0. The Morgan fingerprint density at radius 2 is 1.84 bits per heavy atom. The average Bonchev–Trinajstić information content (AvgIpc) is 2.41. The molecule has 0 aliphatic carbocycles. The first-order valence-corrected chi connectivity index (χ1v) is 6.09. The number of nitrogens with two attached hydrogens (primary N) is 1. The van der Waals surface area contributed by atoms with Crippen molar-refractivity contribution >= 4 is 11.5 Å². The molecule has 3 nitrogen and oxygen atoms in total. The number of nitrogen functional groups attached to an aromatic ring is 1. The number of benzene rings is 2. The zero-order valence-corrected chi connectivity index (χ0v) is 11.4. The van der Waals surface area contributed by atoms with Crippen molar-refractivity contribution < 1.29 is 9.53 Å². The van der Waals surface area contributed by atoms with E-state index < -0.39 is 0 Å². The summed E-state index contributed by atoms with van der Waals surface area (Å²) in [4.78, 5) is 12.6. The summed E-state index contributed by atoms with van der Waals surface area (Å²) >= 11 is 0. The Labute approximate surface area is 113 Å². The van der Waals surface area contributed by atoms with Crippen LogP contribution in [0.2, 0.25) is 0 Å². The average molecular weight is 255 g/mol. The van der Waals surface area contributed by atoms with Gasteiger partial charge in [0.25, 0.3) is 0 Å². The SMILES string of the molecule is COc1ccc(C)cc1C(=O)c1cccc(C)c1N. The molecule has 0 saturated carbocycles. The van der Waals surface area contributed by atoms with Crippen LogP contribution in [0, 0.1) is 13.8 Å². The van der Waals surface area contributed by atoms with Crippen LogP contribution in [-0.4, -0.2) is 12.9 Å². The van der Waals surface area contributed by atoms with Gasteiger partial charge < -0.3 is 10.5 Å². The van der Waals surface area contributed by atoms with E-state index in [1.54, 1.807) is 19.2 Å². The summed E-state index contributed by atoms with van der Waals surface area (Å²) in [5.41, 5.74) is 9.48. The zero-order chi connectivity index (χ0) is 14.0. The number of ether oxygens (including phenoxy) is 1. The molecule has 0 radical (unpaired) electrons. The Hall–Kier alpha value is -2.29. The van der Waals surface area contributed by atoms with Crippen LogP contribution in [0.3, 0.4) is 0 Å².